The van der Waals surface area contributed by atoms with E-state index in [2.05, 4.69) is 10.6 Å². The van der Waals surface area contributed by atoms with Crippen LogP contribution in [0.3, 0.4) is 0 Å². The van der Waals surface area contributed by atoms with E-state index in [1.807, 2.05) is 25.1 Å². The zero-order valence-electron chi connectivity index (χ0n) is 15.3. The summed E-state index contributed by atoms with van der Waals surface area (Å²) >= 11 is 0. The molecule has 1 aromatic carbocycles. The van der Waals surface area contributed by atoms with Gasteiger partial charge >= 0.3 is 0 Å². The number of rotatable bonds is 6. The molecule has 0 bridgehead atoms. The summed E-state index contributed by atoms with van der Waals surface area (Å²) in [6, 6.07) is 5.83. The molecular weight excluding hydrogens is 316 g/mol. The SMILES string of the molecule is COc1cc(C(C)NC(=O)C2CCCCN2)ccc1OC1CCCC1. The lowest BCUT2D eigenvalue weighted by molar-refractivity contribution is -0.124. The highest BCUT2D eigenvalue weighted by molar-refractivity contribution is 5.82. The minimum atomic E-state index is -0.0666. The van der Waals surface area contributed by atoms with Crippen molar-refractivity contribution in [2.75, 3.05) is 13.7 Å². The van der Waals surface area contributed by atoms with E-state index in [-0.39, 0.29) is 18.0 Å². The molecule has 2 atom stereocenters. The van der Waals surface area contributed by atoms with Crippen LogP contribution in [0.15, 0.2) is 18.2 Å². The maximum atomic E-state index is 12.4. The lowest BCUT2D eigenvalue weighted by atomic mass is 10.0. The lowest BCUT2D eigenvalue weighted by Crippen LogP contribution is -2.47. The second-order valence-corrected chi connectivity index (χ2v) is 7.17. The number of benzene rings is 1. The van der Waals surface area contributed by atoms with Crippen molar-refractivity contribution in [3.8, 4) is 11.5 Å². The number of hydrogen-bond donors (Lipinski definition) is 2. The van der Waals surface area contributed by atoms with E-state index < -0.39 is 0 Å². The van der Waals surface area contributed by atoms with Gasteiger partial charge in [-0.15, -0.1) is 0 Å². The Balaban J connectivity index is 1.63. The molecule has 2 N–H and O–H groups in total. The van der Waals surface area contributed by atoms with E-state index in [0.29, 0.717) is 6.10 Å². The van der Waals surface area contributed by atoms with E-state index in [0.717, 1.165) is 55.7 Å². The van der Waals surface area contributed by atoms with Gasteiger partial charge in [-0.2, -0.15) is 0 Å². The number of ether oxygens (including phenoxy) is 2. The normalized spacial score (nSPS) is 22.4. The molecule has 1 aliphatic carbocycles. The number of amides is 1. The van der Waals surface area contributed by atoms with Crippen LogP contribution in [0.25, 0.3) is 0 Å². The van der Waals surface area contributed by atoms with Crippen molar-refractivity contribution in [3.63, 3.8) is 0 Å². The molecule has 1 heterocycles. The predicted molar refractivity (Wildman–Crippen MR) is 98.1 cm³/mol. The fourth-order valence-corrected chi connectivity index (χ4v) is 3.71. The highest BCUT2D eigenvalue weighted by Crippen LogP contribution is 2.33. The zero-order valence-corrected chi connectivity index (χ0v) is 15.3. The average Bonchev–Trinajstić information content (AvgIpc) is 3.15. The lowest BCUT2D eigenvalue weighted by Gasteiger charge is -2.25. The van der Waals surface area contributed by atoms with Gasteiger partial charge in [-0.25, -0.2) is 0 Å². The predicted octanol–water partition coefficient (Wildman–Crippen LogP) is 3.34. The van der Waals surface area contributed by atoms with Gasteiger partial charge in [-0.1, -0.05) is 12.5 Å². The molecule has 2 unspecified atom stereocenters. The summed E-state index contributed by atoms with van der Waals surface area (Å²) in [6.07, 6.45) is 8.19. The molecule has 1 amide bonds. The molecule has 1 saturated heterocycles. The van der Waals surface area contributed by atoms with Crippen LogP contribution in [0, 0.1) is 0 Å². The van der Waals surface area contributed by atoms with Gasteiger partial charge in [0, 0.05) is 0 Å². The summed E-state index contributed by atoms with van der Waals surface area (Å²) in [7, 11) is 1.66. The van der Waals surface area contributed by atoms with Crippen LogP contribution < -0.4 is 20.1 Å². The molecule has 5 nitrogen and oxygen atoms in total. The number of carbonyl (C=O) groups is 1. The Morgan fingerprint density at radius 2 is 1.92 bits per heavy atom. The largest absolute Gasteiger partial charge is 0.493 e. The quantitative estimate of drug-likeness (QED) is 0.829. The Kier molecular flexibility index (Phi) is 6.19. The number of piperidine rings is 1. The minimum Gasteiger partial charge on any atom is -0.493 e. The van der Waals surface area contributed by atoms with Crippen LogP contribution in [-0.2, 0) is 4.79 Å². The molecule has 0 aromatic heterocycles. The zero-order chi connectivity index (χ0) is 17.6. The van der Waals surface area contributed by atoms with Crippen molar-refractivity contribution in [1.82, 2.24) is 10.6 Å². The van der Waals surface area contributed by atoms with Gasteiger partial charge in [0.05, 0.1) is 25.3 Å². The highest BCUT2D eigenvalue weighted by Gasteiger charge is 2.23. The second-order valence-electron chi connectivity index (χ2n) is 7.17. The minimum absolute atomic E-state index is 0.0642. The number of methoxy groups -OCH3 is 1. The number of nitrogens with one attached hydrogen (secondary N) is 2. The molecule has 5 heteroatoms. The van der Waals surface area contributed by atoms with Crippen molar-refractivity contribution in [2.24, 2.45) is 0 Å². The third kappa shape index (κ3) is 4.66. The molecule has 1 aliphatic heterocycles. The fourth-order valence-electron chi connectivity index (χ4n) is 3.71. The summed E-state index contributed by atoms with van der Waals surface area (Å²) in [5, 5.41) is 6.40. The van der Waals surface area contributed by atoms with E-state index in [9.17, 15) is 4.79 Å². The van der Waals surface area contributed by atoms with Crippen LogP contribution in [0.5, 0.6) is 11.5 Å². The Morgan fingerprint density at radius 3 is 2.60 bits per heavy atom. The van der Waals surface area contributed by atoms with Gasteiger partial charge < -0.3 is 20.1 Å². The van der Waals surface area contributed by atoms with Crippen molar-refractivity contribution >= 4 is 5.91 Å². The Bertz CT molecular complexity index is 578. The molecule has 0 spiro atoms. The fraction of sp³-hybridized carbons (Fsp3) is 0.650. The first-order valence-electron chi connectivity index (χ1n) is 9.55. The van der Waals surface area contributed by atoms with E-state index >= 15 is 0 Å². The summed E-state index contributed by atoms with van der Waals surface area (Å²) < 4.78 is 11.6. The van der Waals surface area contributed by atoms with Gasteiger partial charge in [-0.05, 0) is 69.7 Å². The first-order valence-corrected chi connectivity index (χ1v) is 9.55. The molecule has 2 aliphatic rings. The second kappa shape index (κ2) is 8.56. The highest BCUT2D eigenvalue weighted by atomic mass is 16.5. The third-order valence-corrected chi connectivity index (χ3v) is 5.27. The van der Waals surface area contributed by atoms with Gasteiger partial charge in [0.25, 0.3) is 0 Å². The first kappa shape index (κ1) is 18.1. The van der Waals surface area contributed by atoms with Gasteiger partial charge in [0.1, 0.15) is 0 Å². The summed E-state index contributed by atoms with van der Waals surface area (Å²) in [6.45, 7) is 2.93. The number of hydrogen-bond acceptors (Lipinski definition) is 4. The van der Waals surface area contributed by atoms with Gasteiger partial charge in [-0.3, -0.25) is 4.79 Å². The Labute approximate surface area is 150 Å². The van der Waals surface area contributed by atoms with Crippen LogP contribution in [0.1, 0.15) is 63.5 Å². The Morgan fingerprint density at radius 1 is 1.16 bits per heavy atom. The van der Waals surface area contributed by atoms with Crippen LogP contribution >= 0.6 is 0 Å². The molecule has 2 fully saturated rings. The molecule has 1 aromatic rings. The van der Waals surface area contributed by atoms with Crippen LogP contribution in [0.2, 0.25) is 0 Å². The molecule has 138 valence electrons. The van der Waals surface area contributed by atoms with Crippen molar-refractivity contribution < 1.29 is 14.3 Å². The van der Waals surface area contributed by atoms with Crippen molar-refractivity contribution in [2.45, 2.75) is 70.1 Å². The average molecular weight is 346 g/mol. The van der Waals surface area contributed by atoms with Gasteiger partial charge in [0.2, 0.25) is 5.91 Å². The number of carbonyl (C=O) groups excluding carboxylic acids is 1. The smallest absolute Gasteiger partial charge is 0.237 e. The standard InChI is InChI=1S/C20H30N2O3/c1-14(22-20(23)17-9-5-6-12-21-17)15-10-11-18(19(13-15)24-2)25-16-7-3-4-8-16/h10-11,13-14,16-17,21H,3-9,12H2,1-2H3,(H,22,23). The van der Waals surface area contributed by atoms with Crippen molar-refractivity contribution in [1.29, 1.82) is 0 Å². The van der Waals surface area contributed by atoms with Crippen LogP contribution in [0.4, 0.5) is 0 Å². The first-order chi connectivity index (χ1) is 12.2. The maximum absolute atomic E-state index is 12.4. The summed E-state index contributed by atoms with van der Waals surface area (Å²) in [5.41, 5.74) is 1.03. The molecule has 1 saturated carbocycles. The molecule has 0 radical (unpaired) electrons. The Hall–Kier alpha value is -1.75. The van der Waals surface area contributed by atoms with Crippen molar-refractivity contribution in [3.05, 3.63) is 23.8 Å². The topological polar surface area (TPSA) is 59.6 Å². The summed E-state index contributed by atoms with van der Waals surface area (Å²) in [4.78, 5) is 12.4. The maximum Gasteiger partial charge on any atom is 0.237 e. The monoisotopic (exact) mass is 346 g/mol. The van der Waals surface area contributed by atoms with E-state index in [1.54, 1.807) is 7.11 Å². The van der Waals surface area contributed by atoms with Gasteiger partial charge in [0.15, 0.2) is 11.5 Å². The van der Waals surface area contributed by atoms with E-state index in [4.69, 9.17) is 9.47 Å². The molecule has 3 rings (SSSR count). The van der Waals surface area contributed by atoms with E-state index in [1.165, 1.54) is 12.8 Å². The summed E-state index contributed by atoms with van der Waals surface area (Å²) in [5.74, 6) is 1.62. The molecular formula is C20H30N2O3. The van der Waals surface area contributed by atoms with Crippen LogP contribution in [-0.4, -0.2) is 31.7 Å². The molecule has 25 heavy (non-hydrogen) atoms. The third-order valence-electron chi connectivity index (χ3n) is 5.27.